The predicted molar refractivity (Wildman–Crippen MR) is 101 cm³/mol. The summed E-state index contributed by atoms with van der Waals surface area (Å²) in [7, 11) is 0. The van der Waals surface area contributed by atoms with E-state index in [0.29, 0.717) is 24.3 Å². The van der Waals surface area contributed by atoms with Gasteiger partial charge in [0.05, 0.1) is 0 Å². The van der Waals surface area contributed by atoms with Gasteiger partial charge in [-0.3, -0.25) is 9.59 Å². The van der Waals surface area contributed by atoms with E-state index in [0.717, 1.165) is 5.75 Å². The first-order chi connectivity index (χ1) is 12.3. The molecule has 2 aromatic rings. The molecule has 0 unspecified atom stereocenters. The van der Waals surface area contributed by atoms with E-state index in [2.05, 4.69) is 10.6 Å². The van der Waals surface area contributed by atoms with Crippen molar-refractivity contribution in [3.05, 3.63) is 54.6 Å². The smallest absolute Gasteiger partial charge is 0.240 e. The zero-order valence-electron chi connectivity index (χ0n) is 15.3. The minimum absolute atomic E-state index is 0.202. The van der Waals surface area contributed by atoms with E-state index >= 15 is 0 Å². The van der Waals surface area contributed by atoms with Crippen LogP contribution in [0.25, 0.3) is 0 Å². The summed E-state index contributed by atoms with van der Waals surface area (Å²) < 4.78 is 5.73. The maximum absolute atomic E-state index is 12.6. The Kier molecular flexibility index (Phi) is 4.72. The average Bonchev–Trinajstić information content (AvgIpc) is 3.38. The zero-order valence-corrected chi connectivity index (χ0v) is 15.3. The molecule has 0 radical (unpaired) electrons. The lowest BCUT2D eigenvalue weighted by Crippen LogP contribution is -2.48. The maximum Gasteiger partial charge on any atom is 0.240 e. The maximum atomic E-state index is 12.6. The molecule has 0 aliphatic heterocycles. The van der Waals surface area contributed by atoms with Crippen molar-refractivity contribution in [2.45, 2.75) is 39.2 Å². The van der Waals surface area contributed by atoms with Crippen molar-refractivity contribution < 1.29 is 14.3 Å². The summed E-state index contributed by atoms with van der Waals surface area (Å²) in [6.07, 6.45) is 1.16. The highest BCUT2D eigenvalue weighted by atomic mass is 16.5. The number of ether oxygens (including phenoxy) is 1. The van der Waals surface area contributed by atoms with Crippen LogP contribution >= 0.6 is 0 Å². The third-order valence-corrected chi connectivity index (χ3v) is 4.20. The van der Waals surface area contributed by atoms with Crippen molar-refractivity contribution in [3.63, 3.8) is 0 Å². The molecule has 2 N–H and O–H groups in total. The summed E-state index contributed by atoms with van der Waals surface area (Å²) >= 11 is 0. The van der Waals surface area contributed by atoms with Gasteiger partial charge in [-0.2, -0.15) is 0 Å². The van der Waals surface area contributed by atoms with E-state index in [1.807, 2.05) is 51.1 Å². The highest BCUT2D eigenvalue weighted by Crippen LogP contribution is 2.47. The van der Waals surface area contributed by atoms with E-state index in [9.17, 15) is 9.59 Å². The van der Waals surface area contributed by atoms with Crippen molar-refractivity contribution in [2.24, 2.45) is 5.41 Å². The number of rotatable bonds is 5. The van der Waals surface area contributed by atoms with Gasteiger partial charge in [0.1, 0.15) is 16.9 Å². The third-order valence-electron chi connectivity index (χ3n) is 4.20. The Labute approximate surface area is 153 Å². The van der Waals surface area contributed by atoms with Gasteiger partial charge in [-0.1, -0.05) is 18.2 Å². The van der Waals surface area contributed by atoms with Gasteiger partial charge in [-0.25, -0.2) is 0 Å². The number of nitrogens with one attached hydrogen (secondary N) is 2. The molecule has 26 heavy (non-hydrogen) atoms. The second-order valence-corrected chi connectivity index (χ2v) is 7.68. The summed E-state index contributed by atoms with van der Waals surface area (Å²) in [5, 5.41) is 5.75. The van der Waals surface area contributed by atoms with Crippen LogP contribution in [0.2, 0.25) is 0 Å². The Hall–Kier alpha value is -2.82. The fourth-order valence-electron chi connectivity index (χ4n) is 2.62. The second-order valence-electron chi connectivity index (χ2n) is 7.68. The molecule has 1 aliphatic carbocycles. The molecule has 5 heteroatoms. The van der Waals surface area contributed by atoms with Crippen LogP contribution in [-0.2, 0) is 9.59 Å². The molecule has 136 valence electrons. The molecule has 2 amide bonds. The Morgan fingerprint density at radius 1 is 0.885 bits per heavy atom. The van der Waals surface area contributed by atoms with Crippen molar-refractivity contribution in [1.82, 2.24) is 5.32 Å². The molecule has 0 bridgehead atoms. The number of carbonyl (C=O) groups is 2. The summed E-state index contributed by atoms with van der Waals surface area (Å²) in [5.74, 6) is 0.975. The van der Waals surface area contributed by atoms with Crippen LogP contribution in [0.1, 0.15) is 33.6 Å². The average molecular weight is 352 g/mol. The quantitative estimate of drug-likeness (QED) is 0.796. The predicted octanol–water partition coefficient (Wildman–Crippen LogP) is 4.11. The topological polar surface area (TPSA) is 67.4 Å². The summed E-state index contributed by atoms with van der Waals surface area (Å²) in [6, 6.07) is 16.6. The number of carbonyl (C=O) groups excluding carboxylic acids is 2. The summed E-state index contributed by atoms with van der Waals surface area (Å²) in [5.41, 5.74) is -0.652. The van der Waals surface area contributed by atoms with Gasteiger partial charge >= 0.3 is 0 Å². The molecular weight excluding hydrogens is 328 g/mol. The van der Waals surface area contributed by atoms with Crippen LogP contribution in [0.4, 0.5) is 5.69 Å². The van der Waals surface area contributed by atoms with Crippen molar-refractivity contribution in [3.8, 4) is 11.5 Å². The largest absolute Gasteiger partial charge is 0.457 e. The van der Waals surface area contributed by atoms with Crippen LogP contribution in [-0.4, -0.2) is 17.4 Å². The zero-order chi connectivity index (χ0) is 18.8. The highest BCUT2D eigenvalue weighted by molar-refractivity contribution is 6.13. The van der Waals surface area contributed by atoms with Gasteiger partial charge in [-0.15, -0.1) is 0 Å². The number of benzene rings is 2. The standard InChI is InChI=1S/C21H24N2O3/c1-20(2,3)23-19(25)21(13-14-21)18(24)22-15-9-11-17(12-10-15)26-16-7-5-4-6-8-16/h4-12H,13-14H2,1-3H3,(H,22,24)(H,23,25). The van der Waals surface area contributed by atoms with E-state index in [1.54, 1.807) is 24.3 Å². The molecule has 0 aromatic heterocycles. The number of hydrogen-bond acceptors (Lipinski definition) is 3. The summed E-state index contributed by atoms with van der Waals surface area (Å²) in [6.45, 7) is 5.72. The van der Waals surface area contributed by atoms with Crippen LogP contribution < -0.4 is 15.4 Å². The van der Waals surface area contributed by atoms with Gasteiger partial charge in [0, 0.05) is 11.2 Å². The molecule has 0 saturated heterocycles. The van der Waals surface area contributed by atoms with E-state index in [1.165, 1.54) is 0 Å². The third kappa shape index (κ3) is 4.23. The lowest BCUT2D eigenvalue weighted by molar-refractivity contribution is -0.135. The molecule has 0 atom stereocenters. The summed E-state index contributed by atoms with van der Waals surface area (Å²) in [4.78, 5) is 25.0. The minimum atomic E-state index is -0.938. The van der Waals surface area contributed by atoms with Crippen molar-refractivity contribution >= 4 is 17.5 Å². The van der Waals surface area contributed by atoms with Crippen LogP contribution in [0.15, 0.2) is 54.6 Å². The van der Waals surface area contributed by atoms with Gasteiger partial charge in [0.2, 0.25) is 11.8 Å². The lowest BCUT2D eigenvalue weighted by atomic mass is 10.0. The Morgan fingerprint density at radius 2 is 1.46 bits per heavy atom. The lowest BCUT2D eigenvalue weighted by Gasteiger charge is -2.24. The van der Waals surface area contributed by atoms with Gasteiger partial charge in [0.25, 0.3) is 0 Å². The van der Waals surface area contributed by atoms with Crippen molar-refractivity contribution in [2.75, 3.05) is 5.32 Å². The first-order valence-electron chi connectivity index (χ1n) is 8.76. The van der Waals surface area contributed by atoms with E-state index in [4.69, 9.17) is 4.74 Å². The Bertz CT molecular complexity index is 788. The molecule has 5 nitrogen and oxygen atoms in total. The number of para-hydroxylation sites is 1. The van der Waals surface area contributed by atoms with Crippen molar-refractivity contribution in [1.29, 1.82) is 0 Å². The fraction of sp³-hybridized carbons (Fsp3) is 0.333. The Balaban J connectivity index is 1.62. The SMILES string of the molecule is CC(C)(C)NC(=O)C1(C(=O)Nc2ccc(Oc3ccccc3)cc2)CC1. The molecule has 1 fully saturated rings. The van der Waals surface area contributed by atoms with Crippen LogP contribution in [0.3, 0.4) is 0 Å². The van der Waals surface area contributed by atoms with Gasteiger partial charge in [0.15, 0.2) is 0 Å². The van der Waals surface area contributed by atoms with Gasteiger partial charge in [-0.05, 0) is 70.0 Å². The van der Waals surface area contributed by atoms with Gasteiger partial charge < -0.3 is 15.4 Å². The number of amides is 2. The molecule has 1 aliphatic rings. The first-order valence-corrected chi connectivity index (χ1v) is 8.76. The van der Waals surface area contributed by atoms with Crippen LogP contribution in [0.5, 0.6) is 11.5 Å². The Morgan fingerprint density at radius 3 is 2.00 bits per heavy atom. The highest BCUT2D eigenvalue weighted by Gasteiger charge is 2.57. The first kappa shape index (κ1) is 18.0. The molecule has 3 rings (SSSR count). The minimum Gasteiger partial charge on any atom is -0.457 e. The number of hydrogen-bond donors (Lipinski definition) is 2. The molecule has 0 heterocycles. The molecular formula is C21H24N2O3. The normalized spacial score (nSPS) is 15.0. The van der Waals surface area contributed by atoms with E-state index < -0.39 is 5.41 Å². The van der Waals surface area contributed by atoms with E-state index in [-0.39, 0.29) is 17.4 Å². The monoisotopic (exact) mass is 352 g/mol. The number of anilines is 1. The molecule has 1 saturated carbocycles. The van der Waals surface area contributed by atoms with Crippen LogP contribution in [0, 0.1) is 5.41 Å². The molecule has 2 aromatic carbocycles. The second kappa shape index (κ2) is 6.83. The molecule has 0 spiro atoms. The fourth-order valence-corrected chi connectivity index (χ4v) is 2.62.